The zero-order chi connectivity index (χ0) is 13.3. The van der Waals surface area contributed by atoms with Crippen molar-refractivity contribution in [1.82, 2.24) is 9.36 Å². The minimum absolute atomic E-state index is 0.000324. The Morgan fingerprint density at radius 3 is 2.44 bits per heavy atom. The van der Waals surface area contributed by atoms with Gasteiger partial charge in [0.25, 0.3) is 5.56 Å². The van der Waals surface area contributed by atoms with Gasteiger partial charge in [0.1, 0.15) is 5.69 Å². The Bertz CT molecular complexity index is 464. The number of nitrogens with zero attached hydrogens (tertiary/aromatic N) is 2. The lowest BCUT2D eigenvalue weighted by Gasteiger charge is -2.19. The van der Waals surface area contributed by atoms with Crippen molar-refractivity contribution in [2.24, 2.45) is 0 Å². The van der Waals surface area contributed by atoms with Crippen LogP contribution in [-0.2, 0) is 6.54 Å². The second-order valence-corrected chi connectivity index (χ2v) is 5.65. The highest BCUT2D eigenvalue weighted by molar-refractivity contribution is 5.44. The third-order valence-electron chi connectivity index (χ3n) is 3.92. The summed E-state index contributed by atoms with van der Waals surface area (Å²) in [6, 6.07) is 0.168. The molecule has 0 bridgehead atoms. The maximum absolute atomic E-state index is 12.3. The number of hydrogen-bond donors (Lipinski definition) is 1. The van der Waals surface area contributed by atoms with Crippen LogP contribution in [0.25, 0.3) is 0 Å². The topological polar surface area (TPSA) is 52.9 Å². The van der Waals surface area contributed by atoms with Crippen LogP contribution in [0.2, 0.25) is 0 Å². The zero-order valence-electron chi connectivity index (χ0n) is 11.8. The number of rotatable bonds is 4. The largest absolute Gasteiger partial charge is 0.393 e. The summed E-state index contributed by atoms with van der Waals surface area (Å²) >= 11 is 0. The van der Waals surface area contributed by atoms with E-state index in [0.29, 0.717) is 11.6 Å². The average Bonchev–Trinajstić information content (AvgIpc) is 2.88. The average molecular weight is 251 g/mol. The first-order valence-corrected chi connectivity index (χ1v) is 7.18. The zero-order valence-corrected chi connectivity index (χ0v) is 11.8. The van der Waals surface area contributed by atoms with Crippen LogP contribution in [0.5, 0.6) is 0 Å². The van der Waals surface area contributed by atoms with Crippen LogP contribution in [-0.4, -0.2) is 9.36 Å². The highest BCUT2D eigenvalue weighted by Crippen LogP contribution is 2.36. The second kappa shape index (κ2) is 5.21. The highest BCUT2D eigenvalue weighted by atomic mass is 16.1. The highest BCUT2D eigenvalue weighted by Gasteiger charge is 2.27. The van der Waals surface area contributed by atoms with Gasteiger partial charge in [0, 0.05) is 18.5 Å². The van der Waals surface area contributed by atoms with E-state index in [2.05, 4.69) is 11.6 Å². The summed E-state index contributed by atoms with van der Waals surface area (Å²) in [5.74, 6) is 0.490. The number of aromatic nitrogens is 2. The van der Waals surface area contributed by atoms with Gasteiger partial charge in [-0.2, -0.15) is 0 Å². The molecular formula is C14H25N3O. The fraction of sp³-hybridized carbons (Fsp3) is 0.786. The molecule has 0 radical (unpaired) electrons. The fourth-order valence-corrected chi connectivity index (χ4v) is 3.18. The summed E-state index contributed by atoms with van der Waals surface area (Å²) in [6.07, 6.45) is 5.90. The summed E-state index contributed by atoms with van der Waals surface area (Å²) in [5, 5.41) is 0. The molecule has 1 fully saturated rings. The van der Waals surface area contributed by atoms with Gasteiger partial charge in [0.2, 0.25) is 0 Å². The van der Waals surface area contributed by atoms with Gasteiger partial charge in [-0.15, -0.1) is 0 Å². The quantitative estimate of drug-likeness (QED) is 0.894. The van der Waals surface area contributed by atoms with Gasteiger partial charge in [-0.1, -0.05) is 19.8 Å². The van der Waals surface area contributed by atoms with Crippen molar-refractivity contribution in [3.8, 4) is 0 Å². The third-order valence-corrected chi connectivity index (χ3v) is 3.92. The Balaban J connectivity index is 2.55. The lowest BCUT2D eigenvalue weighted by molar-refractivity contribution is 0.379. The molecule has 102 valence electrons. The first kappa shape index (κ1) is 13.2. The van der Waals surface area contributed by atoms with E-state index >= 15 is 0 Å². The third kappa shape index (κ3) is 2.08. The first-order chi connectivity index (χ1) is 8.57. The number of nitrogen functional groups attached to an aromatic ring is 1. The van der Waals surface area contributed by atoms with E-state index in [-0.39, 0.29) is 11.6 Å². The van der Waals surface area contributed by atoms with E-state index < -0.39 is 0 Å². The van der Waals surface area contributed by atoms with Gasteiger partial charge < -0.3 is 5.73 Å². The predicted octanol–water partition coefficient (Wildman–Crippen LogP) is 2.88. The van der Waals surface area contributed by atoms with E-state index in [1.165, 1.54) is 25.7 Å². The standard InChI is InChI=1S/C14H25N3O/c1-4-9-16-13(11-7-5-6-8-11)12(15)14(18)17(16)10(2)3/h10-11H,4-9,15H2,1-3H3. The lowest BCUT2D eigenvalue weighted by Crippen LogP contribution is -2.26. The smallest absolute Gasteiger partial charge is 0.290 e. The van der Waals surface area contributed by atoms with E-state index in [4.69, 9.17) is 5.73 Å². The molecule has 0 saturated heterocycles. The molecule has 1 saturated carbocycles. The van der Waals surface area contributed by atoms with Crippen LogP contribution in [0.1, 0.15) is 70.5 Å². The number of hydrogen-bond acceptors (Lipinski definition) is 2. The molecule has 0 spiro atoms. The van der Waals surface area contributed by atoms with Crippen molar-refractivity contribution in [2.45, 2.75) is 71.4 Å². The monoisotopic (exact) mass is 251 g/mol. The molecule has 2 rings (SSSR count). The number of nitrogens with two attached hydrogens (primary N) is 1. The molecule has 1 aliphatic rings. The summed E-state index contributed by atoms with van der Waals surface area (Å²) in [6.45, 7) is 7.12. The Kier molecular flexibility index (Phi) is 3.83. The van der Waals surface area contributed by atoms with E-state index in [0.717, 1.165) is 18.7 Å². The van der Waals surface area contributed by atoms with Crippen molar-refractivity contribution >= 4 is 5.69 Å². The molecular weight excluding hydrogens is 226 g/mol. The molecule has 1 aliphatic carbocycles. The van der Waals surface area contributed by atoms with Crippen LogP contribution in [0.3, 0.4) is 0 Å². The Morgan fingerprint density at radius 2 is 1.94 bits per heavy atom. The SMILES string of the molecule is CCCn1c(C2CCCC2)c(N)c(=O)n1C(C)C. The molecule has 18 heavy (non-hydrogen) atoms. The van der Waals surface area contributed by atoms with Gasteiger partial charge in [-0.05, 0) is 33.1 Å². The molecule has 0 amide bonds. The van der Waals surface area contributed by atoms with Crippen molar-refractivity contribution in [3.05, 3.63) is 16.0 Å². The van der Waals surface area contributed by atoms with Crippen LogP contribution in [0.15, 0.2) is 4.79 Å². The predicted molar refractivity (Wildman–Crippen MR) is 75.0 cm³/mol. The van der Waals surface area contributed by atoms with Crippen LogP contribution in [0.4, 0.5) is 5.69 Å². The minimum atomic E-state index is 0.000324. The van der Waals surface area contributed by atoms with E-state index in [9.17, 15) is 4.79 Å². The summed E-state index contributed by atoms with van der Waals surface area (Å²) < 4.78 is 3.99. The van der Waals surface area contributed by atoms with Crippen LogP contribution >= 0.6 is 0 Å². The van der Waals surface area contributed by atoms with Gasteiger partial charge in [-0.3, -0.25) is 9.48 Å². The molecule has 4 heteroatoms. The summed E-state index contributed by atoms with van der Waals surface area (Å²) in [4.78, 5) is 12.3. The first-order valence-electron chi connectivity index (χ1n) is 7.18. The molecule has 0 atom stereocenters. The molecule has 1 heterocycles. The molecule has 1 aromatic rings. The lowest BCUT2D eigenvalue weighted by atomic mass is 10.0. The Labute approximate surface area is 109 Å². The van der Waals surface area contributed by atoms with Crippen molar-refractivity contribution < 1.29 is 0 Å². The molecule has 2 N–H and O–H groups in total. The normalized spacial score (nSPS) is 16.9. The van der Waals surface area contributed by atoms with Crippen molar-refractivity contribution in [2.75, 3.05) is 5.73 Å². The van der Waals surface area contributed by atoms with Crippen molar-refractivity contribution in [3.63, 3.8) is 0 Å². The van der Waals surface area contributed by atoms with Gasteiger partial charge >= 0.3 is 0 Å². The van der Waals surface area contributed by atoms with Gasteiger partial charge in [-0.25, -0.2) is 4.68 Å². The molecule has 0 aromatic carbocycles. The number of anilines is 1. The maximum Gasteiger partial charge on any atom is 0.290 e. The summed E-state index contributed by atoms with van der Waals surface area (Å²) in [5.41, 5.74) is 7.69. The van der Waals surface area contributed by atoms with Crippen molar-refractivity contribution in [1.29, 1.82) is 0 Å². The molecule has 1 aromatic heterocycles. The molecule has 0 aliphatic heterocycles. The Morgan fingerprint density at radius 1 is 1.33 bits per heavy atom. The molecule has 0 unspecified atom stereocenters. The van der Waals surface area contributed by atoms with E-state index in [1.807, 2.05) is 18.5 Å². The second-order valence-electron chi connectivity index (χ2n) is 5.65. The van der Waals surface area contributed by atoms with Crippen LogP contribution in [0, 0.1) is 0 Å². The maximum atomic E-state index is 12.3. The summed E-state index contributed by atoms with van der Waals surface area (Å²) in [7, 11) is 0. The minimum Gasteiger partial charge on any atom is -0.393 e. The Hall–Kier alpha value is -1.19. The molecule has 4 nitrogen and oxygen atoms in total. The van der Waals surface area contributed by atoms with Gasteiger partial charge in [0.05, 0.1) is 5.69 Å². The van der Waals surface area contributed by atoms with Crippen LogP contribution < -0.4 is 11.3 Å². The van der Waals surface area contributed by atoms with E-state index in [1.54, 1.807) is 0 Å². The van der Waals surface area contributed by atoms with Gasteiger partial charge in [0.15, 0.2) is 0 Å². The fourth-order valence-electron chi connectivity index (χ4n) is 3.18.